The number of piperidine rings is 1. The van der Waals surface area contributed by atoms with Crippen LogP contribution in [0.1, 0.15) is 50.5 Å². The Bertz CT molecular complexity index is 624. The highest BCUT2D eigenvalue weighted by Crippen LogP contribution is 2.37. The number of nitrogens with one attached hydrogen (secondary N) is 1. The van der Waals surface area contributed by atoms with E-state index in [4.69, 9.17) is 4.42 Å². The Morgan fingerprint density at radius 2 is 2.05 bits per heavy atom. The van der Waals surface area contributed by atoms with Crippen molar-refractivity contribution in [3.05, 3.63) is 29.9 Å². The maximum absolute atomic E-state index is 13.2. The highest BCUT2D eigenvalue weighted by atomic mass is 19.1. The summed E-state index contributed by atoms with van der Waals surface area (Å²) in [6.07, 6.45) is 7.61. The molecule has 4 rings (SSSR count). The average Bonchev–Trinajstić information content (AvgIpc) is 2.89. The lowest BCUT2D eigenvalue weighted by molar-refractivity contribution is 0.164. The lowest BCUT2D eigenvalue weighted by Crippen LogP contribution is -2.44. The number of rotatable bonds is 1. The summed E-state index contributed by atoms with van der Waals surface area (Å²) in [5.74, 6) is 1.28. The molecule has 1 N–H and O–H groups in total. The van der Waals surface area contributed by atoms with Crippen molar-refractivity contribution < 1.29 is 8.81 Å². The first-order valence-electron chi connectivity index (χ1n) is 7.61. The first-order valence-corrected chi connectivity index (χ1v) is 7.61. The fourth-order valence-corrected chi connectivity index (χ4v) is 3.76. The van der Waals surface area contributed by atoms with Gasteiger partial charge < -0.3 is 9.73 Å². The van der Waals surface area contributed by atoms with Crippen LogP contribution < -0.4 is 5.32 Å². The lowest BCUT2D eigenvalue weighted by atomic mass is 9.78. The third-order valence-corrected chi connectivity index (χ3v) is 4.81. The largest absolute Gasteiger partial charge is 0.439 e. The van der Waals surface area contributed by atoms with Crippen LogP contribution in [-0.4, -0.2) is 11.0 Å². The zero-order valence-corrected chi connectivity index (χ0v) is 11.4. The minimum Gasteiger partial charge on any atom is -0.439 e. The van der Waals surface area contributed by atoms with Crippen LogP contribution in [0.2, 0.25) is 0 Å². The fraction of sp³-hybridized carbons (Fsp3) is 0.562. The summed E-state index contributed by atoms with van der Waals surface area (Å²) < 4.78 is 19.0. The molecule has 0 bridgehead atoms. The van der Waals surface area contributed by atoms with Crippen LogP contribution in [0, 0.1) is 11.7 Å². The SMILES string of the molecule is Fc1ccc2oc(C3CCC4CCCCC4N3)nc2c1. The third-order valence-electron chi connectivity index (χ3n) is 4.81. The number of benzene rings is 1. The number of halogens is 1. The summed E-state index contributed by atoms with van der Waals surface area (Å²) in [6, 6.07) is 5.31. The van der Waals surface area contributed by atoms with Gasteiger partial charge in [-0.3, -0.25) is 0 Å². The Labute approximate surface area is 117 Å². The summed E-state index contributed by atoms with van der Waals surface area (Å²) in [7, 11) is 0. The summed E-state index contributed by atoms with van der Waals surface area (Å²) >= 11 is 0. The molecule has 4 heteroatoms. The molecule has 0 spiro atoms. The number of nitrogens with zero attached hydrogens (tertiary/aromatic N) is 1. The van der Waals surface area contributed by atoms with Crippen LogP contribution in [-0.2, 0) is 0 Å². The second-order valence-corrected chi connectivity index (χ2v) is 6.11. The number of hydrogen-bond acceptors (Lipinski definition) is 3. The predicted molar refractivity (Wildman–Crippen MR) is 74.8 cm³/mol. The quantitative estimate of drug-likeness (QED) is 0.855. The van der Waals surface area contributed by atoms with Crippen LogP contribution >= 0.6 is 0 Å². The molecule has 3 unspecified atom stereocenters. The highest BCUT2D eigenvalue weighted by molar-refractivity contribution is 5.72. The summed E-state index contributed by atoms with van der Waals surface area (Å²) in [4.78, 5) is 4.47. The van der Waals surface area contributed by atoms with Crippen LogP contribution in [0.25, 0.3) is 11.1 Å². The normalized spacial score (nSPS) is 30.4. The molecule has 2 aliphatic rings. The Morgan fingerprint density at radius 3 is 3.00 bits per heavy atom. The van der Waals surface area contributed by atoms with Gasteiger partial charge >= 0.3 is 0 Å². The van der Waals surface area contributed by atoms with Gasteiger partial charge in [-0.2, -0.15) is 0 Å². The maximum atomic E-state index is 13.2. The van der Waals surface area contributed by atoms with Crippen molar-refractivity contribution in [2.45, 2.75) is 50.6 Å². The summed E-state index contributed by atoms with van der Waals surface area (Å²) in [5, 5.41) is 3.70. The summed E-state index contributed by atoms with van der Waals surface area (Å²) in [6.45, 7) is 0. The fourth-order valence-electron chi connectivity index (χ4n) is 3.76. The number of hydrogen-bond donors (Lipinski definition) is 1. The highest BCUT2D eigenvalue weighted by Gasteiger charge is 2.34. The second-order valence-electron chi connectivity index (χ2n) is 6.11. The molecule has 1 aromatic carbocycles. The second kappa shape index (κ2) is 4.85. The molecule has 2 aromatic rings. The van der Waals surface area contributed by atoms with Gasteiger partial charge in [0.1, 0.15) is 11.3 Å². The van der Waals surface area contributed by atoms with Crippen molar-refractivity contribution in [2.75, 3.05) is 0 Å². The topological polar surface area (TPSA) is 38.1 Å². The number of oxazole rings is 1. The standard InChI is InChI=1S/C16H19FN2O/c17-11-6-8-15-14(9-11)19-16(20-15)13-7-5-10-3-1-2-4-12(10)18-13/h6,8-10,12-13,18H,1-5,7H2. The zero-order chi connectivity index (χ0) is 13.5. The molecule has 0 radical (unpaired) electrons. The van der Waals surface area contributed by atoms with E-state index in [-0.39, 0.29) is 11.9 Å². The van der Waals surface area contributed by atoms with Gasteiger partial charge in [0.2, 0.25) is 5.89 Å². The molecular weight excluding hydrogens is 255 g/mol. The van der Waals surface area contributed by atoms with Gasteiger partial charge in [0, 0.05) is 12.1 Å². The first kappa shape index (κ1) is 12.3. The van der Waals surface area contributed by atoms with Gasteiger partial charge in [-0.25, -0.2) is 9.37 Å². The maximum Gasteiger partial charge on any atom is 0.212 e. The molecule has 0 amide bonds. The Morgan fingerprint density at radius 1 is 1.15 bits per heavy atom. The van der Waals surface area contributed by atoms with Crippen LogP contribution in [0.5, 0.6) is 0 Å². The molecule has 3 nitrogen and oxygen atoms in total. The Balaban J connectivity index is 1.59. The molecule has 1 aromatic heterocycles. The molecule has 106 valence electrons. The predicted octanol–water partition coefficient (Wildman–Crippen LogP) is 3.95. The van der Waals surface area contributed by atoms with Crippen molar-refractivity contribution in [3.8, 4) is 0 Å². The molecule has 2 heterocycles. The molecule has 2 fully saturated rings. The van der Waals surface area contributed by atoms with E-state index in [0.717, 1.165) is 18.2 Å². The van der Waals surface area contributed by atoms with Gasteiger partial charge in [-0.15, -0.1) is 0 Å². The minimum atomic E-state index is -0.263. The van der Waals surface area contributed by atoms with E-state index in [2.05, 4.69) is 10.3 Å². The van der Waals surface area contributed by atoms with Crippen molar-refractivity contribution in [1.82, 2.24) is 10.3 Å². The number of aromatic nitrogens is 1. The van der Waals surface area contributed by atoms with E-state index >= 15 is 0 Å². The van der Waals surface area contributed by atoms with Crippen LogP contribution in [0.3, 0.4) is 0 Å². The van der Waals surface area contributed by atoms with Crippen molar-refractivity contribution in [1.29, 1.82) is 0 Å². The zero-order valence-electron chi connectivity index (χ0n) is 11.4. The van der Waals surface area contributed by atoms with Crippen molar-refractivity contribution >= 4 is 11.1 Å². The van der Waals surface area contributed by atoms with Gasteiger partial charge in [0.25, 0.3) is 0 Å². The van der Waals surface area contributed by atoms with E-state index in [1.807, 2.05) is 0 Å². The van der Waals surface area contributed by atoms with E-state index in [0.29, 0.717) is 17.1 Å². The van der Waals surface area contributed by atoms with Gasteiger partial charge in [-0.1, -0.05) is 12.8 Å². The Hall–Kier alpha value is -1.42. The third kappa shape index (κ3) is 2.12. The molecule has 1 saturated heterocycles. The van der Waals surface area contributed by atoms with E-state index in [9.17, 15) is 4.39 Å². The summed E-state index contributed by atoms with van der Waals surface area (Å²) in [5.41, 5.74) is 1.29. The average molecular weight is 274 g/mol. The smallest absolute Gasteiger partial charge is 0.212 e. The van der Waals surface area contributed by atoms with Gasteiger partial charge in [-0.05, 0) is 43.7 Å². The van der Waals surface area contributed by atoms with Crippen molar-refractivity contribution in [3.63, 3.8) is 0 Å². The van der Waals surface area contributed by atoms with Gasteiger partial charge in [0.15, 0.2) is 5.58 Å². The van der Waals surface area contributed by atoms with Crippen LogP contribution in [0.15, 0.2) is 22.6 Å². The lowest BCUT2D eigenvalue weighted by Gasteiger charge is -2.39. The minimum absolute atomic E-state index is 0.185. The molecular formula is C16H19FN2O. The van der Waals surface area contributed by atoms with E-state index in [1.54, 1.807) is 6.07 Å². The molecule has 3 atom stereocenters. The number of fused-ring (bicyclic) bond motifs is 2. The molecule has 1 aliphatic heterocycles. The monoisotopic (exact) mass is 274 g/mol. The molecule has 1 saturated carbocycles. The molecule has 20 heavy (non-hydrogen) atoms. The van der Waals surface area contributed by atoms with Crippen LogP contribution in [0.4, 0.5) is 4.39 Å². The van der Waals surface area contributed by atoms with Crippen molar-refractivity contribution in [2.24, 2.45) is 5.92 Å². The van der Waals surface area contributed by atoms with Gasteiger partial charge in [0.05, 0.1) is 6.04 Å². The van der Waals surface area contributed by atoms with E-state index in [1.165, 1.54) is 44.2 Å². The van der Waals surface area contributed by atoms with E-state index < -0.39 is 0 Å². The molecule has 1 aliphatic carbocycles. The first-order chi connectivity index (χ1) is 9.79. The Kier molecular flexibility index (Phi) is 2.99.